The molecule has 1 aromatic rings. The van der Waals surface area contributed by atoms with Gasteiger partial charge >= 0.3 is 0 Å². The number of amides is 3. The lowest BCUT2D eigenvalue weighted by Gasteiger charge is -2.34. The van der Waals surface area contributed by atoms with E-state index in [9.17, 15) is 19.5 Å². The fraction of sp³-hybridized carbons (Fsp3) is 0.560. The van der Waals surface area contributed by atoms with Crippen LogP contribution in [-0.2, 0) is 14.4 Å². The number of aliphatic hydroxyl groups is 1. The first-order valence-electron chi connectivity index (χ1n) is 11.5. The van der Waals surface area contributed by atoms with Crippen molar-refractivity contribution in [2.24, 2.45) is 23.7 Å². The van der Waals surface area contributed by atoms with Crippen LogP contribution in [0.3, 0.4) is 0 Å². The van der Waals surface area contributed by atoms with Gasteiger partial charge in [0, 0.05) is 18.7 Å². The second-order valence-corrected chi connectivity index (χ2v) is 8.94. The van der Waals surface area contributed by atoms with Crippen molar-refractivity contribution in [3.63, 3.8) is 0 Å². The predicted octanol–water partition coefficient (Wildman–Crippen LogP) is 2.41. The Morgan fingerprint density at radius 2 is 1.88 bits per heavy atom. The van der Waals surface area contributed by atoms with Crippen LogP contribution >= 0.6 is 0 Å². The number of rotatable bonds is 7. The molecule has 2 aliphatic rings. The van der Waals surface area contributed by atoms with Crippen LogP contribution in [0.15, 0.2) is 30.4 Å². The summed E-state index contributed by atoms with van der Waals surface area (Å²) in [6, 6.07) is 4.56. The lowest BCUT2D eigenvalue weighted by molar-refractivity contribution is -0.142. The molecule has 3 amide bonds. The summed E-state index contributed by atoms with van der Waals surface area (Å²) in [5, 5.41) is 15.7. The van der Waals surface area contributed by atoms with E-state index < -0.39 is 29.8 Å². The maximum atomic E-state index is 13.7. The van der Waals surface area contributed by atoms with E-state index in [1.54, 1.807) is 7.05 Å². The summed E-state index contributed by atoms with van der Waals surface area (Å²) in [6.07, 6.45) is 5.16. The molecule has 3 rings (SSSR count). The highest BCUT2D eigenvalue weighted by Gasteiger charge is 2.58. The fourth-order valence-corrected chi connectivity index (χ4v) is 5.24. The van der Waals surface area contributed by atoms with Gasteiger partial charge in [0.2, 0.25) is 17.7 Å². The Bertz CT molecular complexity index is 908. The molecule has 6 atom stereocenters. The fourth-order valence-electron chi connectivity index (χ4n) is 5.24. The highest BCUT2D eigenvalue weighted by molar-refractivity contribution is 6.02. The number of likely N-dealkylation sites (tertiary alicyclic amines) is 1. The minimum atomic E-state index is -0.786. The SMILES string of the molecule is CC[C@@H](CO)N1C(=O)[C@@H]2[C@H](C=C[C@@H](CC)[C@H]2C(=O)NC)[C@H]1C(=O)Nc1cc(C)ccc1C. The summed E-state index contributed by atoms with van der Waals surface area (Å²) in [4.78, 5) is 41.7. The molecule has 1 fully saturated rings. The molecule has 0 aromatic heterocycles. The third-order valence-corrected chi connectivity index (χ3v) is 7.06. The highest BCUT2D eigenvalue weighted by atomic mass is 16.3. The van der Waals surface area contributed by atoms with Gasteiger partial charge in [-0.1, -0.05) is 38.1 Å². The molecule has 1 saturated heterocycles. The van der Waals surface area contributed by atoms with Gasteiger partial charge in [-0.3, -0.25) is 14.4 Å². The Morgan fingerprint density at radius 3 is 2.47 bits per heavy atom. The topological polar surface area (TPSA) is 98.7 Å². The minimum absolute atomic E-state index is 0.0722. The summed E-state index contributed by atoms with van der Waals surface area (Å²) < 4.78 is 0. The normalized spacial score (nSPS) is 27.8. The molecular formula is C25H35N3O4. The first-order valence-corrected chi connectivity index (χ1v) is 11.5. The number of carbonyl (C=O) groups is 3. The first kappa shape index (κ1) is 24.0. The van der Waals surface area contributed by atoms with Crippen LogP contribution in [0.1, 0.15) is 37.8 Å². The number of nitrogens with zero attached hydrogens (tertiary/aromatic N) is 1. The lowest BCUT2D eigenvalue weighted by atomic mass is 9.69. The van der Waals surface area contributed by atoms with Crippen LogP contribution in [0.25, 0.3) is 0 Å². The van der Waals surface area contributed by atoms with Gasteiger partial charge in [0.25, 0.3) is 0 Å². The number of aryl methyl sites for hydroxylation is 2. The monoisotopic (exact) mass is 441 g/mol. The van der Waals surface area contributed by atoms with E-state index in [0.717, 1.165) is 17.5 Å². The average Bonchev–Trinajstić information content (AvgIpc) is 3.08. The van der Waals surface area contributed by atoms with Gasteiger partial charge < -0.3 is 20.6 Å². The van der Waals surface area contributed by atoms with Crippen molar-refractivity contribution in [2.45, 2.75) is 52.6 Å². The van der Waals surface area contributed by atoms with Crippen LogP contribution in [0.4, 0.5) is 5.69 Å². The van der Waals surface area contributed by atoms with Crippen LogP contribution in [-0.4, -0.2) is 53.5 Å². The van der Waals surface area contributed by atoms with Crippen LogP contribution in [0.2, 0.25) is 0 Å². The molecule has 1 heterocycles. The minimum Gasteiger partial charge on any atom is -0.394 e. The number of benzene rings is 1. The second kappa shape index (κ2) is 9.86. The van der Waals surface area contributed by atoms with Crippen LogP contribution in [0, 0.1) is 37.5 Å². The Labute approximate surface area is 190 Å². The third-order valence-electron chi connectivity index (χ3n) is 7.06. The molecule has 1 aliphatic heterocycles. The Balaban J connectivity index is 2.05. The maximum absolute atomic E-state index is 13.7. The van der Waals surface area contributed by atoms with Crippen molar-refractivity contribution in [1.82, 2.24) is 10.2 Å². The zero-order valence-electron chi connectivity index (χ0n) is 19.6. The summed E-state index contributed by atoms with van der Waals surface area (Å²) in [6.45, 7) is 7.52. The van der Waals surface area contributed by atoms with Gasteiger partial charge in [-0.2, -0.15) is 0 Å². The number of carbonyl (C=O) groups excluding carboxylic acids is 3. The number of hydrogen-bond donors (Lipinski definition) is 3. The summed E-state index contributed by atoms with van der Waals surface area (Å²) in [5.74, 6) is -2.37. The zero-order chi connectivity index (χ0) is 23.6. The van der Waals surface area contributed by atoms with Gasteiger partial charge in [0.1, 0.15) is 6.04 Å². The molecule has 7 nitrogen and oxygen atoms in total. The number of anilines is 1. The van der Waals surface area contributed by atoms with Crippen LogP contribution in [0.5, 0.6) is 0 Å². The molecule has 174 valence electrons. The van der Waals surface area contributed by atoms with Gasteiger partial charge in [-0.25, -0.2) is 0 Å². The number of fused-ring (bicyclic) bond motifs is 1. The van der Waals surface area contributed by atoms with Crippen molar-refractivity contribution >= 4 is 23.4 Å². The molecule has 0 spiro atoms. The number of allylic oxidation sites excluding steroid dienone is 1. The summed E-state index contributed by atoms with van der Waals surface area (Å²) in [7, 11) is 1.58. The molecule has 0 bridgehead atoms. The molecule has 0 unspecified atom stereocenters. The Kier molecular flexibility index (Phi) is 7.39. The summed E-state index contributed by atoms with van der Waals surface area (Å²) in [5.41, 5.74) is 2.66. The number of aliphatic hydroxyl groups excluding tert-OH is 1. The molecule has 32 heavy (non-hydrogen) atoms. The largest absolute Gasteiger partial charge is 0.394 e. The van der Waals surface area contributed by atoms with E-state index in [1.165, 1.54) is 4.90 Å². The van der Waals surface area contributed by atoms with Crippen molar-refractivity contribution in [2.75, 3.05) is 19.0 Å². The number of nitrogens with one attached hydrogen (secondary N) is 2. The molecule has 0 radical (unpaired) electrons. The van der Waals surface area contributed by atoms with Crippen molar-refractivity contribution in [1.29, 1.82) is 0 Å². The molecule has 1 aliphatic carbocycles. The predicted molar refractivity (Wildman–Crippen MR) is 124 cm³/mol. The van der Waals surface area contributed by atoms with E-state index >= 15 is 0 Å². The Hall–Kier alpha value is -2.67. The van der Waals surface area contributed by atoms with E-state index in [1.807, 2.05) is 58.0 Å². The van der Waals surface area contributed by atoms with E-state index in [2.05, 4.69) is 10.6 Å². The van der Waals surface area contributed by atoms with Crippen LogP contribution < -0.4 is 10.6 Å². The first-order chi connectivity index (χ1) is 15.3. The molecular weight excluding hydrogens is 406 g/mol. The standard InChI is InChI=1S/C25H35N3O4/c1-6-16-10-11-18-21(20(16)23(30)26-5)25(32)28(17(7-2)13-29)22(18)24(31)27-19-12-14(3)8-9-15(19)4/h8-12,16-18,20-22,29H,6-7,13H2,1-5H3,(H,26,30)(H,27,31)/t16-,17+,18+,20-,21-,22+/m1/s1. The van der Waals surface area contributed by atoms with Gasteiger partial charge in [-0.05, 0) is 49.8 Å². The number of hydrogen-bond acceptors (Lipinski definition) is 4. The molecule has 7 heteroatoms. The van der Waals surface area contributed by atoms with Gasteiger partial charge in [-0.15, -0.1) is 0 Å². The molecule has 3 N–H and O–H groups in total. The van der Waals surface area contributed by atoms with Crippen molar-refractivity contribution in [3.8, 4) is 0 Å². The third kappa shape index (κ3) is 4.18. The average molecular weight is 442 g/mol. The maximum Gasteiger partial charge on any atom is 0.247 e. The quantitative estimate of drug-likeness (QED) is 0.566. The van der Waals surface area contributed by atoms with Gasteiger partial charge in [0.15, 0.2) is 0 Å². The molecule has 1 aromatic carbocycles. The lowest BCUT2D eigenvalue weighted by Crippen LogP contribution is -2.50. The highest BCUT2D eigenvalue weighted by Crippen LogP contribution is 2.46. The second-order valence-electron chi connectivity index (χ2n) is 8.94. The van der Waals surface area contributed by atoms with Crippen molar-refractivity contribution in [3.05, 3.63) is 41.5 Å². The summed E-state index contributed by atoms with van der Waals surface area (Å²) >= 11 is 0. The molecule has 0 saturated carbocycles. The van der Waals surface area contributed by atoms with E-state index in [0.29, 0.717) is 12.1 Å². The van der Waals surface area contributed by atoms with Gasteiger partial charge in [0.05, 0.1) is 24.5 Å². The van der Waals surface area contributed by atoms with E-state index in [-0.39, 0.29) is 30.2 Å². The smallest absolute Gasteiger partial charge is 0.247 e. The zero-order valence-corrected chi connectivity index (χ0v) is 19.6. The van der Waals surface area contributed by atoms with E-state index in [4.69, 9.17) is 0 Å². The van der Waals surface area contributed by atoms with Crippen molar-refractivity contribution < 1.29 is 19.5 Å². The Morgan fingerprint density at radius 1 is 1.16 bits per heavy atom.